The molecule has 1 heterocycles. The summed E-state index contributed by atoms with van der Waals surface area (Å²) in [4.78, 5) is 13.9. The van der Waals surface area contributed by atoms with Gasteiger partial charge in [-0.05, 0) is 38.2 Å². The molecule has 1 saturated heterocycles. The maximum absolute atomic E-state index is 12.0. The Morgan fingerprint density at radius 1 is 1.30 bits per heavy atom. The molecule has 3 nitrogen and oxygen atoms in total. The van der Waals surface area contributed by atoms with E-state index in [0.29, 0.717) is 12.3 Å². The lowest BCUT2D eigenvalue weighted by Gasteiger charge is -2.16. The number of hydrogen-bond acceptors (Lipinski definition) is 2. The average molecular weight is 275 g/mol. The standard InChI is InChI=1S/C17H25NO2/c1-14-6-8-15(9-7-14)4-2-3-5-17(20)18-11-10-16(12-18)13-19/h6-9,16,19H,2-5,10-13H2,1H3. The van der Waals surface area contributed by atoms with Crippen molar-refractivity contribution in [3.8, 4) is 0 Å². The van der Waals surface area contributed by atoms with Gasteiger partial charge in [-0.3, -0.25) is 4.79 Å². The molecule has 1 aliphatic rings. The minimum absolute atomic E-state index is 0.206. The maximum Gasteiger partial charge on any atom is 0.222 e. The largest absolute Gasteiger partial charge is 0.396 e. The minimum Gasteiger partial charge on any atom is -0.396 e. The zero-order valence-electron chi connectivity index (χ0n) is 12.3. The topological polar surface area (TPSA) is 40.5 Å². The van der Waals surface area contributed by atoms with Crippen LogP contribution < -0.4 is 0 Å². The number of hydrogen-bond donors (Lipinski definition) is 1. The molecule has 0 aliphatic carbocycles. The fourth-order valence-electron chi connectivity index (χ4n) is 2.73. The van der Waals surface area contributed by atoms with Crippen LogP contribution in [0.5, 0.6) is 0 Å². The Labute approximate surface area is 121 Å². The second-order valence-corrected chi connectivity index (χ2v) is 5.87. The summed E-state index contributed by atoms with van der Waals surface area (Å²) in [5.41, 5.74) is 2.64. The number of benzene rings is 1. The molecular weight excluding hydrogens is 250 g/mol. The first-order valence-corrected chi connectivity index (χ1v) is 7.63. The van der Waals surface area contributed by atoms with Gasteiger partial charge in [0.15, 0.2) is 0 Å². The third-order valence-electron chi connectivity index (χ3n) is 4.12. The van der Waals surface area contributed by atoms with Gasteiger partial charge in [-0.2, -0.15) is 0 Å². The van der Waals surface area contributed by atoms with E-state index < -0.39 is 0 Å². The SMILES string of the molecule is Cc1ccc(CCCCC(=O)N2CCC(CO)C2)cc1. The van der Waals surface area contributed by atoms with E-state index in [1.807, 2.05) is 4.90 Å². The number of carbonyl (C=O) groups excluding carboxylic acids is 1. The highest BCUT2D eigenvalue weighted by molar-refractivity contribution is 5.76. The number of nitrogens with zero attached hydrogens (tertiary/aromatic N) is 1. The molecule has 3 heteroatoms. The molecule has 1 amide bonds. The normalized spacial score (nSPS) is 18.5. The van der Waals surface area contributed by atoms with Crippen LogP contribution in [-0.4, -0.2) is 35.6 Å². The van der Waals surface area contributed by atoms with Crippen molar-refractivity contribution in [3.05, 3.63) is 35.4 Å². The van der Waals surface area contributed by atoms with Crippen molar-refractivity contribution in [2.75, 3.05) is 19.7 Å². The summed E-state index contributed by atoms with van der Waals surface area (Å²) in [6.45, 7) is 3.87. The molecule has 1 unspecified atom stereocenters. The van der Waals surface area contributed by atoms with Gasteiger partial charge >= 0.3 is 0 Å². The highest BCUT2D eigenvalue weighted by atomic mass is 16.3. The molecule has 0 aromatic heterocycles. The Balaban J connectivity index is 1.63. The molecule has 1 aromatic rings. The van der Waals surface area contributed by atoms with E-state index in [1.165, 1.54) is 11.1 Å². The Kier molecular flexibility index (Phi) is 5.60. The van der Waals surface area contributed by atoms with E-state index >= 15 is 0 Å². The first kappa shape index (κ1) is 15.0. The van der Waals surface area contributed by atoms with E-state index in [1.54, 1.807) is 0 Å². The van der Waals surface area contributed by atoms with Crippen LogP contribution in [0.4, 0.5) is 0 Å². The van der Waals surface area contributed by atoms with Crippen LogP contribution in [0.3, 0.4) is 0 Å². The van der Waals surface area contributed by atoms with Crippen LogP contribution in [-0.2, 0) is 11.2 Å². The van der Waals surface area contributed by atoms with Gasteiger partial charge in [-0.25, -0.2) is 0 Å². The van der Waals surface area contributed by atoms with Gasteiger partial charge in [0.25, 0.3) is 0 Å². The van der Waals surface area contributed by atoms with Crippen LogP contribution >= 0.6 is 0 Å². The molecule has 110 valence electrons. The summed E-state index contributed by atoms with van der Waals surface area (Å²) >= 11 is 0. The highest BCUT2D eigenvalue weighted by Crippen LogP contribution is 2.17. The number of amides is 1. The molecule has 2 rings (SSSR count). The molecule has 0 radical (unpaired) electrons. The molecule has 0 bridgehead atoms. The van der Waals surface area contributed by atoms with Crippen LogP contribution in [0, 0.1) is 12.8 Å². The van der Waals surface area contributed by atoms with Gasteiger partial charge in [0, 0.05) is 32.0 Å². The molecule has 0 saturated carbocycles. The number of aryl methyl sites for hydroxylation is 2. The molecular formula is C17H25NO2. The molecule has 1 atom stereocenters. The van der Waals surface area contributed by atoms with E-state index in [2.05, 4.69) is 31.2 Å². The fourth-order valence-corrected chi connectivity index (χ4v) is 2.73. The monoisotopic (exact) mass is 275 g/mol. The quantitative estimate of drug-likeness (QED) is 0.811. The van der Waals surface area contributed by atoms with Gasteiger partial charge < -0.3 is 10.0 Å². The molecule has 1 fully saturated rings. The first-order chi connectivity index (χ1) is 9.69. The smallest absolute Gasteiger partial charge is 0.222 e. The minimum atomic E-state index is 0.206. The van der Waals surface area contributed by atoms with E-state index in [-0.39, 0.29) is 12.5 Å². The molecule has 1 aliphatic heterocycles. The van der Waals surface area contributed by atoms with Crippen molar-refractivity contribution < 1.29 is 9.90 Å². The highest BCUT2D eigenvalue weighted by Gasteiger charge is 2.24. The predicted octanol–water partition coefficient (Wildman–Crippen LogP) is 2.55. The lowest BCUT2D eigenvalue weighted by atomic mass is 10.1. The fraction of sp³-hybridized carbons (Fsp3) is 0.588. The molecule has 0 spiro atoms. The van der Waals surface area contributed by atoms with E-state index in [9.17, 15) is 4.79 Å². The number of aliphatic hydroxyl groups is 1. The van der Waals surface area contributed by atoms with Crippen LogP contribution in [0.25, 0.3) is 0 Å². The summed E-state index contributed by atoms with van der Waals surface area (Å²) in [7, 11) is 0. The number of carbonyl (C=O) groups is 1. The van der Waals surface area contributed by atoms with Gasteiger partial charge in [0.2, 0.25) is 5.91 Å². The average Bonchev–Trinajstić information content (AvgIpc) is 2.94. The number of rotatable bonds is 6. The Morgan fingerprint density at radius 3 is 2.70 bits per heavy atom. The van der Waals surface area contributed by atoms with Gasteiger partial charge in [-0.1, -0.05) is 29.8 Å². The van der Waals surface area contributed by atoms with Crippen molar-refractivity contribution in [1.29, 1.82) is 0 Å². The lowest BCUT2D eigenvalue weighted by molar-refractivity contribution is -0.130. The van der Waals surface area contributed by atoms with Crippen LogP contribution in [0.1, 0.15) is 36.8 Å². The number of aliphatic hydroxyl groups excluding tert-OH is 1. The van der Waals surface area contributed by atoms with E-state index in [0.717, 1.165) is 38.8 Å². The van der Waals surface area contributed by atoms with Gasteiger partial charge in [0.05, 0.1) is 0 Å². The van der Waals surface area contributed by atoms with Crippen molar-refractivity contribution in [2.45, 2.75) is 39.0 Å². The molecule has 20 heavy (non-hydrogen) atoms. The number of likely N-dealkylation sites (tertiary alicyclic amines) is 1. The van der Waals surface area contributed by atoms with Crippen LogP contribution in [0.2, 0.25) is 0 Å². The van der Waals surface area contributed by atoms with Crippen molar-refractivity contribution in [1.82, 2.24) is 4.90 Å². The maximum atomic E-state index is 12.0. The third-order valence-corrected chi connectivity index (χ3v) is 4.12. The zero-order valence-corrected chi connectivity index (χ0v) is 12.3. The van der Waals surface area contributed by atoms with Gasteiger partial charge in [-0.15, -0.1) is 0 Å². The summed E-state index contributed by atoms with van der Waals surface area (Å²) in [5.74, 6) is 0.552. The summed E-state index contributed by atoms with van der Waals surface area (Å²) in [6.07, 6.45) is 4.65. The summed E-state index contributed by atoms with van der Waals surface area (Å²) in [6, 6.07) is 8.62. The van der Waals surface area contributed by atoms with Crippen molar-refractivity contribution in [2.24, 2.45) is 5.92 Å². The second kappa shape index (κ2) is 7.44. The molecule has 1 aromatic carbocycles. The summed E-state index contributed by atoms with van der Waals surface area (Å²) < 4.78 is 0. The van der Waals surface area contributed by atoms with E-state index in [4.69, 9.17) is 5.11 Å². The number of unbranched alkanes of at least 4 members (excludes halogenated alkanes) is 1. The van der Waals surface area contributed by atoms with Crippen LogP contribution in [0.15, 0.2) is 24.3 Å². The summed E-state index contributed by atoms with van der Waals surface area (Å²) in [5, 5.41) is 9.09. The third kappa shape index (κ3) is 4.34. The Bertz CT molecular complexity index is 427. The Hall–Kier alpha value is -1.35. The second-order valence-electron chi connectivity index (χ2n) is 5.87. The van der Waals surface area contributed by atoms with Crippen molar-refractivity contribution in [3.63, 3.8) is 0 Å². The predicted molar refractivity (Wildman–Crippen MR) is 80.5 cm³/mol. The Morgan fingerprint density at radius 2 is 2.05 bits per heavy atom. The lowest BCUT2D eigenvalue weighted by Crippen LogP contribution is -2.28. The zero-order chi connectivity index (χ0) is 14.4. The van der Waals surface area contributed by atoms with Gasteiger partial charge in [0.1, 0.15) is 0 Å². The molecule has 1 N–H and O–H groups in total. The first-order valence-electron chi connectivity index (χ1n) is 7.63. The van der Waals surface area contributed by atoms with Crippen molar-refractivity contribution >= 4 is 5.91 Å².